The van der Waals surface area contributed by atoms with E-state index in [9.17, 15) is 5.26 Å². The van der Waals surface area contributed by atoms with E-state index >= 15 is 0 Å². The van der Waals surface area contributed by atoms with Crippen LogP contribution in [0.25, 0.3) is 11.0 Å². The molecule has 0 aliphatic rings. The molecule has 0 bridgehead atoms. The Kier molecular flexibility index (Phi) is 4.50. The van der Waals surface area contributed by atoms with Crippen LogP contribution in [-0.2, 0) is 0 Å². The molecule has 0 aliphatic carbocycles. The van der Waals surface area contributed by atoms with Crippen LogP contribution < -0.4 is 4.74 Å². The summed E-state index contributed by atoms with van der Waals surface area (Å²) >= 11 is 6.04. The number of ether oxygens (including phenoxy) is 1. The van der Waals surface area contributed by atoms with E-state index in [-0.39, 0.29) is 6.10 Å². The molecule has 2 aromatic carbocycles. The number of imidazole rings is 1. The van der Waals surface area contributed by atoms with E-state index in [0.717, 1.165) is 29.4 Å². The molecule has 3 aromatic rings. The summed E-state index contributed by atoms with van der Waals surface area (Å²) in [4.78, 5) is 7.34. The summed E-state index contributed by atoms with van der Waals surface area (Å²) in [6, 6.07) is 13.2. The van der Waals surface area contributed by atoms with Crippen molar-refractivity contribution in [1.82, 2.24) is 9.97 Å². The van der Waals surface area contributed by atoms with E-state index in [0.29, 0.717) is 16.3 Å². The number of aromatic nitrogens is 2. The van der Waals surface area contributed by atoms with Crippen molar-refractivity contribution in [3.63, 3.8) is 0 Å². The van der Waals surface area contributed by atoms with Crippen molar-refractivity contribution < 1.29 is 4.74 Å². The van der Waals surface area contributed by atoms with Crippen LogP contribution in [0, 0.1) is 11.3 Å². The van der Waals surface area contributed by atoms with E-state index in [1.165, 1.54) is 0 Å². The number of hydrogen-bond donors (Lipinski definition) is 1. The Morgan fingerprint density at radius 1 is 1.30 bits per heavy atom. The van der Waals surface area contributed by atoms with Crippen LogP contribution in [0.15, 0.2) is 42.7 Å². The summed E-state index contributed by atoms with van der Waals surface area (Å²) in [6.07, 6.45) is 3.35. The van der Waals surface area contributed by atoms with Gasteiger partial charge < -0.3 is 9.72 Å². The molecule has 116 valence electrons. The minimum absolute atomic E-state index is 0.140. The van der Waals surface area contributed by atoms with Crippen molar-refractivity contribution in [1.29, 1.82) is 5.26 Å². The Morgan fingerprint density at radius 2 is 2.17 bits per heavy atom. The second kappa shape index (κ2) is 6.72. The van der Waals surface area contributed by atoms with Crippen molar-refractivity contribution in [2.24, 2.45) is 0 Å². The Labute approximate surface area is 139 Å². The normalized spacial score (nSPS) is 12.0. The zero-order valence-corrected chi connectivity index (χ0v) is 13.5. The van der Waals surface area contributed by atoms with Crippen LogP contribution in [0.5, 0.6) is 5.75 Å². The fraction of sp³-hybridized carbons (Fsp3) is 0.222. The molecule has 1 atom stereocenters. The van der Waals surface area contributed by atoms with Gasteiger partial charge in [-0.2, -0.15) is 5.26 Å². The summed E-state index contributed by atoms with van der Waals surface area (Å²) in [6.45, 7) is 2.11. The van der Waals surface area contributed by atoms with Crippen LogP contribution in [-0.4, -0.2) is 9.97 Å². The largest absolute Gasteiger partial charge is 0.484 e. The highest BCUT2D eigenvalue weighted by atomic mass is 35.5. The standard InChI is InChI=1S/C18H16ClN3O/c1-2-3-17(12-5-7-15-16(8-12)22-11-21-15)23-18-9-14(19)6-4-13(18)10-20/h4-9,11,17H,2-3H2,1H3,(H,21,22). The van der Waals surface area contributed by atoms with E-state index in [2.05, 4.69) is 23.0 Å². The molecule has 0 amide bonds. The highest BCUT2D eigenvalue weighted by molar-refractivity contribution is 6.30. The molecule has 1 N–H and O–H groups in total. The highest BCUT2D eigenvalue weighted by Crippen LogP contribution is 2.31. The molecular formula is C18H16ClN3O. The molecule has 0 radical (unpaired) electrons. The maximum atomic E-state index is 9.25. The number of H-pyrrole nitrogens is 1. The molecule has 0 spiro atoms. The van der Waals surface area contributed by atoms with Crippen LogP contribution in [0.4, 0.5) is 0 Å². The number of rotatable bonds is 5. The molecule has 1 unspecified atom stereocenters. The van der Waals surface area contributed by atoms with E-state index < -0.39 is 0 Å². The minimum Gasteiger partial charge on any atom is -0.484 e. The summed E-state index contributed by atoms with van der Waals surface area (Å²) in [5.74, 6) is 0.517. The Balaban J connectivity index is 1.95. The summed E-state index contributed by atoms with van der Waals surface area (Å²) in [7, 11) is 0. The Hall–Kier alpha value is -2.51. The average molecular weight is 326 g/mol. The van der Waals surface area contributed by atoms with Crippen molar-refractivity contribution in [3.05, 3.63) is 58.9 Å². The lowest BCUT2D eigenvalue weighted by atomic mass is 10.0. The first-order valence-corrected chi connectivity index (χ1v) is 7.88. The molecule has 0 saturated carbocycles. The minimum atomic E-state index is -0.140. The Bertz CT molecular complexity index is 866. The van der Waals surface area contributed by atoms with Crippen LogP contribution in [0.2, 0.25) is 5.02 Å². The van der Waals surface area contributed by atoms with Gasteiger partial charge in [0.2, 0.25) is 0 Å². The molecule has 1 heterocycles. The third-order valence-corrected chi connectivity index (χ3v) is 3.94. The lowest BCUT2D eigenvalue weighted by Crippen LogP contribution is -2.08. The van der Waals surface area contributed by atoms with Gasteiger partial charge in [-0.15, -0.1) is 0 Å². The number of benzene rings is 2. The zero-order chi connectivity index (χ0) is 16.2. The molecule has 4 nitrogen and oxygen atoms in total. The maximum absolute atomic E-state index is 9.25. The second-order valence-corrected chi connectivity index (χ2v) is 5.76. The van der Waals surface area contributed by atoms with Gasteiger partial charge in [-0.3, -0.25) is 0 Å². The van der Waals surface area contributed by atoms with E-state index in [4.69, 9.17) is 16.3 Å². The predicted octanol–water partition coefficient (Wildman–Crippen LogP) is 5.01. The van der Waals surface area contributed by atoms with Gasteiger partial charge in [0.05, 0.1) is 22.9 Å². The first-order valence-electron chi connectivity index (χ1n) is 7.50. The summed E-state index contributed by atoms with van der Waals surface area (Å²) in [5.41, 5.74) is 3.42. The van der Waals surface area contributed by atoms with E-state index in [1.807, 2.05) is 18.2 Å². The monoisotopic (exact) mass is 325 g/mol. The lowest BCUT2D eigenvalue weighted by molar-refractivity contribution is 0.193. The van der Waals surface area contributed by atoms with Gasteiger partial charge in [0.15, 0.2) is 0 Å². The fourth-order valence-corrected chi connectivity index (χ4v) is 2.71. The average Bonchev–Trinajstić information content (AvgIpc) is 3.02. The van der Waals surface area contributed by atoms with Gasteiger partial charge in [0, 0.05) is 11.1 Å². The van der Waals surface area contributed by atoms with Gasteiger partial charge in [-0.05, 0) is 36.2 Å². The summed E-state index contributed by atoms with van der Waals surface area (Å²) in [5, 5.41) is 9.80. The first-order chi connectivity index (χ1) is 11.2. The molecule has 23 heavy (non-hydrogen) atoms. The van der Waals surface area contributed by atoms with E-state index in [1.54, 1.807) is 24.5 Å². The van der Waals surface area contributed by atoms with Crippen molar-refractivity contribution >= 4 is 22.6 Å². The molecule has 0 aliphatic heterocycles. The van der Waals surface area contributed by atoms with Crippen molar-refractivity contribution in [2.45, 2.75) is 25.9 Å². The SMILES string of the molecule is CCCC(Oc1cc(Cl)ccc1C#N)c1ccc2nc[nH]c2c1. The maximum Gasteiger partial charge on any atom is 0.139 e. The third kappa shape index (κ3) is 3.30. The molecule has 1 aromatic heterocycles. The topological polar surface area (TPSA) is 61.7 Å². The third-order valence-electron chi connectivity index (χ3n) is 3.70. The summed E-state index contributed by atoms with van der Waals surface area (Å²) < 4.78 is 6.13. The molecular weight excluding hydrogens is 310 g/mol. The number of nitrogens with zero attached hydrogens (tertiary/aromatic N) is 2. The number of hydrogen-bond acceptors (Lipinski definition) is 3. The number of nitriles is 1. The quantitative estimate of drug-likeness (QED) is 0.717. The lowest BCUT2D eigenvalue weighted by Gasteiger charge is -2.20. The highest BCUT2D eigenvalue weighted by Gasteiger charge is 2.16. The molecule has 0 fully saturated rings. The van der Waals surface area contributed by atoms with Gasteiger partial charge in [-0.25, -0.2) is 4.98 Å². The van der Waals surface area contributed by atoms with Gasteiger partial charge in [-0.1, -0.05) is 31.0 Å². The van der Waals surface area contributed by atoms with Crippen LogP contribution >= 0.6 is 11.6 Å². The predicted molar refractivity (Wildman–Crippen MR) is 90.5 cm³/mol. The number of halogens is 1. The molecule has 3 rings (SSSR count). The number of nitrogens with one attached hydrogen (secondary N) is 1. The Morgan fingerprint density at radius 3 is 2.96 bits per heavy atom. The van der Waals surface area contributed by atoms with Crippen LogP contribution in [0.3, 0.4) is 0 Å². The van der Waals surface area contributed by atoms with Gasteiger partial charge in [0.25, 0.3) is 0 Å². The number of aromatic amines is 1. The first kappa shape index (κ1) is 15.4. The smallest absolute Gasteiger partial charge is 0.139 e. The fourth-order valence-electron chi connectivity index (χ4n) is 2.55. The molecule has 0 saturated heterocycles. The van der Waals surface area contributed by atoms with Crippen LogP contribution in [0.1, 0.15) is 37.0 Å². The van der Waals surface area contributed by atoms with Gasteiger partial charge >= 0.3 is 0 Å². The van der Waals surface area contributed by atoms with Crippen molar-refractivity contribution in [2.75, 3.05) is 0 Å². The van der Waals surface area contributed by atoms with Gasteiger partial charge in [0.1, 0.15) is 17.9 Å². The molecule has 5 heteroatoms. The van der Waals surface area contributed by atoms with Crippen molar-refractivity contribution in [3.8, 4) is 11.8 Å². The second-order valence-electron chi connectivity index (χ2n) is 5.33. The zero-order valence-electron chi connectivity index (χ0n) is 12.7. The number of fused-ring (bicyclic) bond motifs is 1.